The molecule has 3 fully saturated rings. The van der Waals surface area contributed by atoms with E-state index in [9.17, 15) is 52.7 Å². The monoisotopic (exact) mass is 324 g/mol. The highest BCUT2D eigenvalue weighted by Gasteiger charge is 3.30. The molecule has 0 N–H and O–H groups in total. The Kier molecular flexibility index (Phi) is 1.70. The zero-order valence-electron chi connectivity index (χ0n) is 8.54. The molecular formula is C8F12. The molecule has 0 amide bonds. The fraction of sp³-hybridized carbons (Fsp3) is 1.00. The maximum Gasteiger partial charge on any atom is 0.354 e. The normalized spacial score (nSPS) is 59.4. The summed E-state index contributed by atoms with van der Waals surface area (Å²) >= 11 is 0. The van der Waals surface area contributed by atoms with Crippen LogP contribution in [-0.4, -0.2) is 46.4 Å². The molecule has 3 saturated carbocycles. The lowest BCUT2D eigenvalue weighted by Crippen LogP contribution is -3.18. The molecule has 0 aromatic carbocycles. The van der Waals surface area contributed by atoms with Crippen molar-refractivity contribution in [3.8, 4) is 0 Å². The average molecular weight is 324 g/mol. The Morgan fingerprint density at radius 2 is 0.350 bits per heavy atom. The van der Waals surface area contributed by atoms with Crippen LogP contribution in [-0.2, 0) is 0 Å². The van der Waals surface area contributed by atoms with E-state index in [0.717, 1.165) is 0 Å². The van der Waals surface area contributed by atoms with Gasteiger partial charge in [0.1, 0.15) is 0 Å². The van der Waals surface area contributed by atoms with Crippen molar-refractivity contribution in [2.45, 2.75) is 46.4 Å². The number of alkyl halides is 12. The van der Waals surface area contributed by atoms with Gasteiger partial charge in [-0.15, -0.1) is 0 Å². The quantitative estimate of drug-likeness (QED) is 0.599. The lowest BCUT2D eigenvalue weighted by Gasteiger charge is -2.82. The lowest BCUT2D eigenvalue weighted by molar-refractivity contribution is -0.645. The van der Waals surface area contributed by atoms with Crippen LogP contribution in [0.4, 0.5) is 52.7 Å². The molecule has 0 spiro atoms. The van der Waals surface area contributed by atoms with Crippen LogP contribution in [0.25, 0.3) is 0 Å². The number of hydrogen-bond acceptors (Lipinski definition) is 0. The molecule has 0 radical (unpaired) electrons. The van der Waals surface area contributed by atoms with Gasteiger partial charge in [0.2, 0.25) is 0 Å². The van der Waals surface area contributed by atoms with E-state index in [1.807, 2.05) is 0 Å². The van der Waals surface area contributed by atoms with Gasteiger partial charge in [0.15, 0.2) is 0 Å². The first-order valence-corrected chi connectivity index (χ1v) is 4.77. The summed E-state index contributed by atoms with van der Waals surface area (Å²) in [4.78, 5) is 0. The van der Waals surface area contributed by atoms with Crippen molar-refractivity contribution in [3.63, 3.8) is 0 Å². The molecule has 0 aromatic rings. The summed E-state index contributed by atoms with van der Waals surface area (Å²) in [5, 5.41) is 0. The zero-order valence-corrected chi connectivity index (χ0v) is 8.54. The summed E-state index contributed by atoms with van der Waals surface area (Å²) in [7, 11) is 0. The first-order chi connectivity index (χ1) is 8.50. The van der Waals surface area contributed by atoms with Crippen molar-refractivity contribution in [3.05, 3.63) is 0 Å². The number of hydrogen-bond donors (Lipinski definition) is 0. The van der Waals surface area contributed by atoms with Gasteiger partial charge in [-0.1, -0.05) is 0 Å². The standard InChI is InChI=1S/C8F12/c9-1-2(10,6(15,16)5(1,13)14)4(12)3(1,11)7(17,18)8(4,19)20. The Balaban J connectivity index is 2.32. The van der Waals surface area contributed by atoms with E-state index in [2.05, 4.69) is 0 Å². The van der Waals surface area contributed by atoms with Crippen LogP contribution in [0.3, 0.4) is 0 Å². The molecule has 3 aliphatic rings. The van der Waals surface area contributed by atoms with Crippen molar-refractivity contribution >= 4 is 0 Å². The highest BCUT2D eigenvalue weighted by atomic mass is 19.3. The second-order valence-electron chi connectivity index (χ2n) is 4.93. The van der Waals surface area contributed by atoms with E-state index in [-0.39, 0.29) is 0 Å². The highest BCUT2D eigenvalue weighted by Crippen LogP contribution is 2.95. The Bertz CT molecular complexity index is 428. The van der Waals surface area contributed by atoms with Crippen molar-refractivity contribution < 1.29 is 52.7 Å². The second-order valence-corrected chi connectivity index (χ2v) is 4.93. The van der Waals surface area contributed by atoms with Gasteiger partial charge in [-0.25, -0.2) is 17.6 Å². The smallest absolute Gasteiger partial charge is 0.229 e. The van der Waals surface area contributed by atoms with Crippen molar-refractivity contribution in [1.82, 2.24) is 0 Å². The number of halogens is 12. The Morgan fingerprint density at radius 1 is 0.250 bits per heavy atom. The van der Waals surface area contributed by atoms with E-state index >= 15 is 0 Å². The van der Waals surface area contributed by atoms with Gasteiger partial charge in [0, 0.05) is 0 Å². The predicted molar refractivity (Wildman–Crippen MR) is 35.1 cm³/mol. The third-order valence-electron chi connectivity index (χ3n) is 4.42. The molecule has 0 saturated heterocycles. The second kappa shape index (κ2) is 2.40. The summed E-state index contributed by atoms with van der Waals surface area (Å²) in [5.41, 5.74) is -24.3. The van der Waals surface area contributed by atoms with Gasteiger partial charge in [-0.05, 0) is 0 Å². The van der Waals surface area contributed by atoms with Gasteiger partial charge >= 0.3 is 23.7 Å². The third kappa shape index (κ3) is 0.564. The molecule has 0 heterocycles. The molecule has 0 bridgehead atoms. The first-order valence-electron chi connectivity index (χ1n) is 4.77. The summed E-state index contributed by atoms with van der Waals surface area (Å²) in [6.07, 6.45) is 0. The summed E-state index contributed by atoms with van der Waals surface area (Å²) in [5.74, 6) is -25.6. The molecule has 0 aromatic heterocycles. The fourth-order valence-electron chi connectivity index (χ4n) is 3.36. The van der Waals surface area contributed by atoms with E-state index in [1.54, 1.807) is 0 Å². The summed E-state index contributed by atoms with van der Waals surface area (Å²) in [6, 6.07) is 0. The molecule has 0 nitrogen and oxygen atoms in total. The first kappa shape index (κ1) is 14.1. The molecule has 3 rings (SSSR count). The average Bonchev–Trinajstić information content (AvgIpc) is 2.32. The SMILES string of the molecule is FC1(F)C(F)(F)C2(F)C1(F)C1(F)C(F)(F)C(F)(F)C21F. The van der Waals surface area contributed by atoms with Crippen LogP contribution in [0.5, 0.6) is 0 Å². The van der Waals surface area contributed by atoms with Gasteiger partial charge in [-0.2, -0.15) is 35.1 Å². The van der Waals surface area contributed by atoms with E-state index in [4.69, 9.17) is 0 Å². The van der Waals surface area contributed by atoms with Crippen molar-refractivity contribution in [2.75, 3.05) is 0 Å². The number of rotatable bonds is 0. The van der Waals surface area contributed by atoms with Gasteiger partial charge < -0.3 is 0 Å². The Labute approximate surface area is 100 Å². The Morgan fingerprint density at radius 3 is 0.450 bits per heavy atom. The van der Waals surface area contributed by atoms with Gasteiger partial charge in [0.25, 0.3) is 22.7 Å². The summed E-state index contributed by atoms with van der Waals surface area (Å²) in [6.45, 7) is 0. The minimum absolute atomic E-state index is 6.09. The van der Waals surface area contributed by atoms with Crippen molar-refractivity contribution in [1.29, 1.82) is 0 Å². The van der Waals surface area contributed by atoms with Crippen LogP contribution in [0.2, 0.25) is 0 Å². The molecular weight excluding hydrogens is 324 g/mol. The maximum atomic E-state index is 13.5. The van der Waals surface area contributed by atoms with Crippen LogP contribution in [0.1, 0.15) is 0 Å². The number of fused-ring (bicyclic) bond motifs is 4. The van der Waals surface area contributed by atoms with E-state index in [0.29, 0.717) is 0 Å². The molecule has 116 valence electrons. The lowest BCUT2D eigenvalue weighted by atomic mass is 9.26. The predicted octanol–water partition coefficient (Wildman–Crippen LogP) is 3.40. The topological polar surface area (TPSA) is 0 Å². The molecule has 0 unspecified atom stereocenters. The van der Waals surface area contributed by atoms with Gasteiger partial charge in [0.05, 0.1) is 0 Å². The minimum Gasteiger partial charge on any atom is -0.229 e. The van der Waals surface area contributed by atoms with Crippen LogP contribution >= 0.6 is 0 Å². The molecule has 3 aliphatic carbocycles. The van der Waals surface area contributed by atoms with E-state index in [1.165, 1.54) is 0 Å². The fourth-order valence-corrected chi connectivity index (χ4v) is 3.36. The molecule has 0 atom stereocenters. The maximum absolute atomic E-state index is 13.5. The minimum atomic E-state index is -6.40. The van der Waals surface area contributed by atoms with Crippen LogP contribution in [0.15, 0.2) is 0 Å². The summed E-state index contributed by atoms with van der Waals surface area (Å²) < 4.78 is 156. The van der Waals surface area contributed by atoms with E-state index < -0.39 is 46.4 Å². The van der Waals surface area contributed by atoms with Crippen LogP contribution < -0.4 is 0 Å². The van der Waals surface area contributed by atoms with Crippen LogP contribution in [0, 0.1) is 0 Å². The molecule has 20 heavy (non-hydrogen) atoms. The van der Waals surface area contributed by atoms with Gasteiger partial charge in [-0.3, -0.25) is 0 Å². The zero-order chi connectivity index (χ0) is 16.0. The third-order valence-corrected chi connectivity index (χ3v) is 4.42. The Hall–Kier alpha value is -0.840. The molecule has 0 aliphatic heterocycles. The highest BCUT2D eigenvalue weighted by molar-refractivity contribution is 5.64. The van der Waals surface area contributed by atoms with Crippen molar-refractivity contribution in [2.24, 2.45) is 0 Å². The largest absolute Gasteiger partial charge is 0.354 e. The molecule has 12 heteroatoms.